The fourth-order valence-electron chi connectivity index (χ4n) is 2.47. The third kappa shape index (κ3) is 5.43. The van der Waals surface area contributed by atoms with Crippen molar-refractivity contribution >= 4 is 23.2 Å². The molecule has 0 aromatic heterocycles. The molecule has 0 heterocycles. The molecule has 0 spiro atoms. The van der Waals surface area contributed by atoms with Gasteiger partial charge in [0.05, 0.1) is 12.5 Å². The van der Waals surface area contributed by atoms with Crippen molar-refractivity contribution in [2.75, 3.05) is 17.3 Å². The van der Waals surface area contributed by atoms with Crippen molar-refractivity contribution in [1.29, 1.82) is 0 Å². The lowest BCUT2D eigenvalue weighted by Crippen LogP contribution is -2.35. The SMILES string of the molecule is CCCC(N)C(=O)Nc1ccc(CC(=O)N(C)c2ccccc2)cc1. The molecule has 1 unspecified atom stereocenters. The van der Waals surface area contributed by atoms with Crippen molar-refractivity contribution in [3.8, 4) is 0 Å². The van der Waals surface area contributed by atoms with Crippen LogP contribution in [0.4, 0.5) is 11.4 Å². The van der Waals surface area contributed by atoms with Gasteiger partial charge in [0.15, 0.2) is 0 Å². The minimum absolute atomic E-state index is 0.00736. The molecule has 0 saturated carbocycles. The number of nitrogens with zero attached hydrogens (tertiary/aromatic N) is 1. The number of hydrogen-bond donors (Lipinski definition) is 2. The summed E-state index contributed by atoms with van der Waals surface area (Å²) in [6, 6.07) is 16.3. The Labute approximate surface area is 148 Å². The smallest absolute Gasteiger partial charge is 0.241 e. The van der Waals surface area contributed by atoms with Gasteiger partial charge in [-0.2, -0.15) is 0 Å². The molecule has 5 nitrogen and oxygen atoms in total. The molecule has 0 aliphatic heterocycles. The molecule has 132 valence electrons. The first-order chi connectivity index (χ1) is 12.0. The summed E-state index contributed by atoms with van der Waals surface area (Å²) in [6.45, 7) is 1.99. The van der Waals surface area contributed by atoms with Gasteiger partial charge in [-0.15, -0.1) is 0 Å². The molecule has 0 saturated heterocycles. The van der Waals surface area contributed by atoms with Crippen LogP contribution in [0.1, 0.15) is 25.3 Å². The monoisotopic (exact) mass is 339 g/mol. The fraction of sp³-hybridized carbons (Fsp3) is 0.300. The van der Waals surface area contributed by atoms with Crippen LogP contribution in [0.15, 0.2) is 54.6 Å². The maximum atomic E-state index is 12.4. The van der Waals surface area contributed by atoms with E-state index in [9.17, 15) is 9.59 Å². The van der Waals surface area contributed by atoms with Crippen molar-refractivity contribution in [1.82, 2.24) is 0 Å². The normalized spacial score (nSPS) is 11.6. The Bertz CT molecular complexity index is 699. The van der Waals surface area contributed by atoms with Crippen molar-refractivity contribution < 1.29 is 9.59 Å². The maximum Gasteiger partial charge on any atom is 0.241 e. The molecule has 2 aromatic carbocycles. The number of nitrogens with two attached hydrogens (primary N) is 1. The Balaban J connectivity index is 1.94. The van der Waals surface area contributed by atoms with Crippen molar-refractivity contribution in [3.63, 3.8) is 0 Å². The third-order valence-corrected chi connectivity index (χ3v) is 4.03. The van der Waals surface area contributed by atoms with Gasteiger partial charge in [-0.25, -0.2) is 0 Å². The quantitative estimate of drug-likeness (QED) is 0.814. The van der Waals surface area contributed by atoms with E-state index in [4.69, 9.17) is 5.73 Å². The first-order valence-corrected chi connectivity index (χ1v) is 8.48. The van der Waals surface area contributed by atoms with Crippen molar-refractivity contribution in [3.05, 3.63) is 60.2 Å². The minimum Gasteiger partial charge on any atom is -0.325 e. The Morgan fingerprint density at radius 1 is 1.08 bits per heavy atom. The van der Waals surface area contributed by atoms with E-state index < -0.39 is 6.04 Å². The highest BCUT2D eigenvalue weighted by Crippen LogP contribution is 2.15. The average molecular weight is 339 g/mol. The zero-order chi connectivity index (χ0) is 18.2. The van der Waals surface area contributed by atoms with Crippen LogP contribution in [0, 0.1) is 0 Å². The molecule has 25 heavy (non-hydrogen) atoms. The molecule has 0 aliphatic rings. The number of rotatable bonds is 7. The number of para-hydroxylation sites is 1. The summed E-state index contributed by atoms with van der Waals surface area (Å²) >= 11 is 0. The molecular weight excluding hydrogens is 314 g/mol. The number of amides is 2. The van der Waals surface area contributed by atoms with Gasteiger partial charge in [0.2, 0.25) is 11.8 Å². The number of hydrogen-bond acceptors (Lipinski definition) is 3. The third-order valence-electron chi connectivity index (χ3n) is 4.03. The molecule has 1 atom stereocenters. The van der Waals surface area contributed by atoms with E-state index in [1.54, 1.807) is 24.1 Å². The van der Waals surface area contributed by atoms with Gasteiger partial charge in [-0.05, 0) is 36.2 Å². The number of anilines is 2. The average Bonchev–Trinajstić information content (AvgIpc) is 2.63. The number of nitrogens with one attached hydrogen (secondary N) is 1. The second-order valence-electron chi connectivity index (χ2n) is 6.05. The highest BCUT2D eigenvalue weighted by molar-refractivity contribution is 5.95. The Kier molecular flexibility index (Phi) is 6.71. The van der Waals surface area contributed by atoms with Gasteiger partial charge in [-0.1, -0.05) is 43.7 Å². The van der Waals surface area contributed by atoms with Crippen LogP contribution in [-0.2, 0) is 16.0 Å². The molecule has 2 amide bonds. The lowest BCUT2D eigenvalue weighted by atomic mass is 10.1. The zero-order valence-corrected chi connectivity index (χ0v) is 14.7. The summed E-state index contributed by atoms with van der Waals surface area (Å²) in [5.74, 6) is -0.178. The molecule has 2 rings (SSSR count). The van der Waals surface area contributed by atoms with E-state index >= 15 is 0 Å². The van der Waals surface area contributed by atoms with Crippen LogP contribution in [0.5, 0.6) is 0 Å². The van der Waals surface area contributed by atoms with Gasteiger partial charge in [0.25, 0.3) is 0 Å². The summed E-state index contributed by atoms with van der Waals surface area (Å²) < 4.78 is 0. The molecule has 2 aromatic rings. The van der Waals surface area contributed by atoms with Crippen LogP contribution in [0.3, 0.4) is 0 Å². The summed E-state index contributed by atoms with van der Waals surface area (Å²) in [4.78, 5) is 25.9. The van der Waals surface area contributed by atoms with Gasteiger partial charge >= 0.3 is 0 Å². The summed E-state index contributed by atoms with van der Waals surface area (Å²) in [7, 11) is 1.77. The Morgan fingerprint density at radius 3 is 2.32 bits per heavy atom. The molecule has 0 bridgehead atoms. The first kappa shape index (κ1) is 18.7. The van der Waals surface area contributed by atoms with Crippen LogP contribution in [0.25, 0.3) is 0 Å². The summed E-state index contributed by atoms with van der Waals surface area (Å²) in [6.07, 6.45) is 1.82. The van der Waals surface area contributed by atoms with Crippen molar-refractivity contribution in [2.24, 2.45) is 5.73 Å². The topological polar surface area (TPSA) is 75.4 Å². The van der Waals surface area contributed by atoms with Gasteiger partial charge in [0.1, 0.15) is 0 Å². The number of carbonyl (C=O) groups is 2. The number of likely N-dealkylation sites (N-methyl/N-ethyl adjacent to an activating group) is 1. The highest BCUT2D eigenvalue weighted by atomic mass is 16.2. The second kappa shape index (κ2) is 8.99. The maximum absolute atomic E-state index is 12.4. The molecule has 5 heteroatoms. The van der Waals surface area contributed by atoms with Crippen LogP contribution in [0.2, 0.25) is 0 Å². The van der Waals surface area contributed by atoms with E-state index in [0.29, 0.717) is 18.5 Å². The van der Waals surface area contributed by atoms with E-state index in [0.717, 1.165) is 17.7 Å². The lowest BCUT2D eigenvalue weighted by Gasteiger charge is -2.17. The molecule has 0 aliphatic carbocycles. The number of benzene rings is 2. The Morgan fingerprint density at radius 2 is 1.72 bits per heavy atom. The zero-order valence-electron chi connectivity index (χ0n) is 14.7. The second-order valence-corrected chi connectivity index (χ2v) is 6.05. The fourth-order valence-corrected chi connectivity index (χ4v) is 2.47. The standard InChI is InChI=1S/C20H25N3O2/c1-3-7-18(21)20(25)22-16-12-10-15(11-13-16)14-19(24)23(2)17-8-5-4-6-9-17/h4-6,8-13,18H,3,7,14,21H2,1-2H3,(H,22,25). The van der Waals surface area contributed by atoms with Gasteiger partial charge < -0.3 is 16.0 Å². The predicted molar refractivity (Wildman–Crippen MR) is 102 cm³/mol. The lowest BCUT2D eigenvalue weighted by molar-refractivity contribution is -0.118. The van der Waals surface area contributed by atoms with E-state index in [2.05, 4.69) is 5.32 Å². The van der Waals surface area contributed by atoms with E-state index in [1.165, 1.54) is 0 Å². The van der Waals surface area contributed by atoms with Crippen LogP contribution < -0.4 is 16.0 Å². The molecule has 3 N–H and O–H groups in total. The number of carbonyl (C=O) groups excluding carboxylic acids is 2. The summed E-state index contributed by atoms with van der Waals surface area (Å²) in [5.41, 5.74) is 8.24. The first-order valence-electron chi connectivity index (χ1n) is 8.48. The Hall–Kier alpha value is -2.66. The molecule has 0 fully saturated rings. The highest BCUT2D eigenvalue weighted by Gasteiger charge is 2.13. The predicted octanol–water partition coefficient (Wildman–Crippen LogP) is 2.96. The van der Waals surface area contributed by atoms with E-state index in [1.807, 2.05) is 49.4 Å². The van der Waals surface area contributed by atoms with E-state index in [-0.39, 0.29) is 11.8 Å². The molecular formula is C20H25N3O2. The van der Waals surface area contributed by atoms with Crippen LogP contribution in [-0.4, -0.2) is 24.9 Å². The van der Waals surface area contributed by atoms with Gasteiger partial charge in [-0.3, -0.25) is 9.59 Å². The molecule has 0 radical (unpaired) electrons. The van der Waals surface area contributed by atoms with Gasteiger partial charge in [0, 0.05) is 18.4 Å². The van der Waals surface area contributed by atoms with Crippen molar-refractivity contribution in [2.45, 2.75) is 32.2 Å². The van der Waals surface area contributed by atoms with Crippen LogP contribution >= 0.6 is 0 Å². The minimum atomic E-state index is -0.495. The largest absolute Gasteiger partial charge is 0.325 e. The summed E-state index contributed by atoms with van der Waals surface area (Å²) in [5, 5.41) is 2.80.